The van der Waals surface area contributed by atoms with Gasteiger partial charge in [0, 0.05) is 75.4 Å². The molecule has 0 radical (unpaired) electrons. The number of nitrogens with zero attached hydrogens (tertiary/aromatic N) is 7. The van der Waals surface area contributed by atoms with Crippen LogP contribution in [0.3, 0.4) is 0 Å². The fourth-order valence-corrected chi connectivity index (χ4v) is 11.0. The molecule has 6 heterocycles. The molecule has 2 atom stereocenters. The second kappa shape index (κ2) is 14.9. The zero-order valence-corrected chi connectivity index (χ0v) is 33.6. The first kappa shape index (κ1) is 37.7. The van der Waals surface area contributed by atoms with Crippen molar-refractivity contribution in [3.8, 4) is 0 Å². The van der Waals surface area contributed by atoms with Crippen LogP contribution in [0.5, 0.6) is 0 Å². The third kappa shape index (κ3) is 6.96. The van der Waals surface area contributed by atoms with E-state index in [4.69, 9.17) is 15.2 Å². The van der Waals surface area contributed by atoms with Crippen molar-refractivity contribution in [1.29, 1.82) is 0 Å². The van der Waals surface area contributed by atoms with Crippen molar-refractivity contribution >= 4 is 52.0 Å². The molecule has 4 aromatic rings. The average molecular weight is 801 g/mol. The van der Waals surface area contributed by atoms with Crippen LogP contribution < -0.4 is 21.3 Å². The summed E-state index contributed by atoms with van der Waals surface area (Å²) in [5.41, 5.74) is 12.3. The van der Waals surface area contributed by atoms with Gasteiger partial charge in [-0.05, 0) is 105 Å². The zero-order chi connectivity index (χ0) is 40.4. The highest BCUT2D eigenvalue weighted by Gasteiger charge is 2.48. The van der Waals surface area contributed by atoms with Gasteiger partial charge in [-0.1, -0.05) is 23.4 Å². The summed E-state index contributed by atoms with van der Waals surface area (Å²) in [6.45, 7) is 4.82. The molecule has 2 saturated carbocycles. The Morgan fingerprint density at radius 1 is 0.949 bits per heavy atom. The Hall–Kier alpha value is -5.57. The summed E-state index contributed by atoms with van der Waals surface area (Å²) in [6, 6.07) is 13.5. The molecule has 1 unspecified atom stereocenters. The fraction of sp³-hybridized carbons (Fsp3) is 0.523. The van der Waals surface area contributed by atoms with E-state index in [1.54, 1.807) is 11.1 Å². The van der Waals surface area contributed by atoms with Crippen molar-refractivity contribution in [2.45, 2.75) is 101 Å². The Balaban J connectivity index is 0.737. The second-order valence-electron chi connectivity index (χ2n) is 17.9. The van der Waals surface area contributed by atoms with E-state index < -0.39 is 11.8 Å². The summed E-state index contributed by atoms with van der Waals surface area (Å²) in [7, 11) is 1.84. The maximum atomic E-state index is 12.7. The minimum Gasteiger partial charge on any atom is -0.364 e. The van der Waals surface area contributed by atoms with Crippen LogP contribution in [-0.4, -0.2) is 105 Å². The number of piperidine rings is 2. The number of rotatable bonds is 8. The summed E-state index contributed by atoms with van der Waals surface area (Å²) in [4.78, 5) is 67.1. The number of urea groups is 1. The van der Waals surface area contributed by atoms with E-state index >= 15 is 0 Å². The zero-order valence-electron chi connectivity index (χ0n) is 33.6. The molecule has 0 bridgehead atoms. The standard InChI is InChI=1S/C44H52N10O5/c1-51-19-20-54(43(51)58)30-3-2-17-53(25-30)35-23-46-38(40(45)56)41(48-35)47-29-7-4-26(5-8-29)27-12-15-44(16-13-27)21-31(22-44)52-18-14-32-28(24-52)6-9-33-37(50-59-39(32)33)34-10-11-36(55)49-42(34)57/h4-9,23,27,30-31,34H,2-3,10-22,24-25H2,1H3,(H2,45,56)(H,47,48)(H,49,55,57)/t27?,30-,31?,34?,44?/m1/s1. The molecule has 4 N–H and O–H groups in total. The fourth-order valence-electron chi connectivity index (χ4n) is 11.0. The first-order chi connectivity index (χ1) is 28.6. The number of nitrogens with one attached hydrogen (secondary N) is 2. The Morgan fingerprint density at radius 2 is 1.76 bits per heavy atom. The lowest BCUT2D eigenvalue weighted by molar-refractivity contribution is -0.134. The number of aromatic nitrogens is 3. The van der Waals surface area contributed by atoms with E-state index in [2.05, 4.69) is 60.9 Å². The number of likely N-dealkylation sites (N-methyl/N-ethyl adjacent to an activating group) is 1. The summed E-state index contributed by atoms with van der Waals surface area (Å²) in [6.07, 6.45) is 12.5. The topological polar surface area (TPSA) is 183 Å². The normalized spacial score (nSPS) is 27.5. The average Bonchev–Trinajstić information content (AvgIpc) is 3.82. The molecule has 4 aliphatic heterocycles. The van der Waals surface area contributed by atoms with Crippen LogP contribution in [0.4, 0.5) is 22.1 Å². The van der Waals surface area contributed by atoms with Crippen molar-refractivity contribution in [1.82, 2.24) is 35.1 Å². The summed E-state index contributed by atoms with van der Waals surface area (Å²) in [5, 5.41) is 11.0. The Labute approximate surface area is 343 Å². The number of carbonyl (C=O) groups excluding carboxylic acids is 4. The minimum atomic E-state index is -0.639. The number of hydrogen-bond donors (Lipinski definition) is 3. The molecular formula is C44H52N10O5. The van der Waals surface area contributed by atoms with E-state index in [9.17, 15) is 19.2 Å². The van der Waals surface area contributed by atoms with Crippen LogP contribution >= 0.6 is 0 Å². The molecule has 15 heteroatoms. The molecule has 10 rings (SSSR count). The number of anilines is 3. The van der Waals surface area contributed by atoms with Gasteiger partial charge in [0.25, 0.3) is 5.91 Å². The lowest BCUT2D eigenvalue weighted by Crippen LogP contribution is -2.53. The predicted octanol–water partition coefficient (Wildman–Crippen LogP) is 5.18. The van der Waals surface area contributed by atoms with Crippen molar-refractivity contribution in [2.75, 3.05) is 50.0 Å². The maximum Gasteiger partial charge on any atom is 0.320 e. The lowest BCUT2D eigenvalue weighted by atomic mass is 9.56. The van der Waals surface area contributed by atoms with Crippen molar-refractivity contribution in [3.63, 3.8) is 0 Å². The first-order valence-electron chi connectivity index (χ1n) is 21.4. The number of benzene rings is 2. The Kier molecular flexibility index (Phi) is 9.53. The van der Waals surface area contributed by atoms with Crippen molar-refractivity contribution < 1.29 is 23.7 Å². The highest BCUT2D eigenvalue weighted by atomic mass is 16.5. The van der Waals surface area contributed by atoms with Crippen LogP contribution in [0, 0.1) is 5.41 Å². The molecule has 2 aliphatic carbocycles. The molecule has 2 aromatic carbocycles. The van der Waals surface area contributed by atoms with Gasteiger partial charge in [-0.2, -0.15) is 0 Å². The number of amides is 5. The lowest BCUT2D eigenvalue weighted by Gasteiger charge is -2.55. The predicted molar refractivity (Wildman–Crippen MR) is 220 cm³/mol. The minimum absolute atomic E-state index is 0.0739. The van der Waals surface area contributed by atoms with Crippen LogP contribution in [-0.2, 0) is 22.6 Å². The van der Waals surface area contributed by atoms with Gasteiger partial charge >= 0.3 is 6.03 Å². The Bertz CT molecular complexity index is 2310. The van der Waals surface area contributed by atoms with Crippen molar-refractivity contribution in [3.05, 3.63) is 70.7 Å². The quantitative estimate of drug-likeness (QED) is 0.200. The number of imide groups is 1. The van der Waals surface area contributed by atoms with E-state index in [-0.39, 0.29) is 29.6 Å². The van der Waals surface area contributed by atoms with Gasteiger partial charge in [-0.3, -0.25) is 24.6 Å². The van der Waals surface area contributed by atoms with Gasteiger partial charge in [0.05, 0.1) is 18.2 Å². The molecule has 59 heavy (non-hydrogen) atoms. The second-order valence-corrected chi connectivity index (χ2v) is 17.9. The number of nitrogens with two attached hydrogens (primary N) is 1. The third-order valence-corrected chi connectivity index (χ3v) is 14.4. The molecule has 3 saturated heterocycles. The molecule has 2 aromatic heterocycles. The van der Waals surface area contributed by atoms with Gasteiger partial charge in [-0.15, -0.1) is 0 Å². The highest BCUT2D eigenvalue weighted by Crippen LogP contribution is 2.56. The van der Waals surface area contributed by atoms with Gasteiger partial charge in [0.15, 0.2) is 17.1 Å². The molecule has 6 aliphatic rings. The SMILES string of the molecule is CN1CCN([C@@H]2CCCN(c3cnc(C(N)=O)c(Nc4ccc(C5CCC6(CC5)CC(N5CCc7c(ccc8c(C9CCC(=O)NC9=O)noc78)C5)C6)cc4)n3)C2)C1=O. The number of primary amides is 1. The Morgan fingerprint density at radius 3 is 2.51 bits per heavy atom. The molecular weight excluding hydrogens is 749 g/mol. The van der Waals surface area contributed by atoms with Gasteiger partial charge in [-0.25, -0.2) is 14.8 Å². The molecule has 1 spiro atoms. The molecule has 308 valence electrons. The van der Waals surface area contributed by atoms with Crippen LogP contribution in [0.2, 0.25) is 0 Å². The van der Waals surface area contributed by atoms with E-state index in [0.717, 1.165) is 68.6 Å². The van der Waals surface area contributed by atoms with Gasteiger partial charge in [0.2, 0.25) is 11.8 Å². The smallest absolute Gasteiger partial charge is 0.320 e. The van der Waals surface area contributed by atoms with E-state index in [0.29, 0.717) is 54.1 Å². The maximum absolute atomic E-state index is 12.7. The molecule has 15 nitrogen and oxygen atoms in total. The van der Waals surface area contributed by atoms with Crippen LogP contribution in [0.1, 0.15) is 109 Å². The molecule has 5 fully saturated rings. The van der Waals surface area contributed by atoms with Gasteiger partial charge in [0.1, 0.15) is 11.5 Å². The van der Waals surface area contributed by atoms with Crippen LogP contribution in [0.15, 0.2) is 47.1 Å². The summed E-state index contributed by atoms with van der Waals surface area (Å²) >= 11 is 0. The summed E-state index contributed by atoms with van der Waals surface area (Å²) in [5.74, 6) is -0.0955. The van der Waals surface area contributed by atoms with Gasteiger partial charge < -0.3 is 30.3 Å². The number of hydrogen-bond acceptors (Lipinski definition) is 11. The third-order valence-electron chi connectivity index (χ3n) is 14.4. The monoisotopic (exact) mass is 800 g/mol. The highest BCUT2D eigenvalue weighted by molar-refractivity contribution is 6.02. The van der Waals surface area contributed by atoms with Crippen LogP contribution in [0.25, 0.3) is 11.0 Å². The van der Waals surface area contributed by atoms with Crippen molar-refractivity contribution in [2.24, 2.45) is 11.1 Å². The molecule has 5 amide bonds. The van der Waals surface area contributed by atoms with E-state index in [1.807, 2.05) is 18.0 Å². The number of carbonyl (C=O) groups is 4. The largest absolute Gasteiger partial charge is 0.364 e. The first-order valence-corrected chi connectivity index (χ1v) is 21.4. The summed E-state index contributed by atoms with van der Waals surface area (Å²) < 4.78 is 5.87. The van der Waals surface area contributed by atoms with E-state index in [1.165, 1.54) is 55.2 Å². The number of fused-ring (bicyclic) bond motifs is 3.